The van der Waals surface area contributed by atoms with Crippen LogP contribution in [-0.4, -0.2) is 14.4 Å². The number of carbonyl (C=O) groups is 1. The van der Waals surface area contributed by atoms with Gasteiger partial charge in [-0.05, 0) is 54.8 Å². The van der Waals surface area contributed by atoms with Crippen molar-refractivity contribution in [2.45, 2.75) is 37.6 Å². The summed E-state index contributed by atoms with van der Waals surface area (Å²) in [5, 5.41) is 21.0. The zero-order chi connectivity index (χ0) is 27.0. The Balaban J connectivity index is 2.09. The Bertz CT molecular complexity index is 1550. The highest BCUT2D eigenvalue weighted by Gasteiger charge is 2.57. The molecule has 8 heteroatoms. The van der Waals surface area contributed by atoms with Crippen molar-refractivity contribution in [3.63, 3.8) is 0 Å². The van der Waals surface area contributed by atoms with Gasteiger partial charge in [0.15, 0.2) is 5.41 Å². The van der Waals surface area contributed by atoms with Crippen LogP contribution in [0.3, 0.4) is 0 Å². The summed E-state index contributed by atoms with van der Waals surface area (Å²) in [5.74, 6) is -1.02. The molecule has 0 radical (unpaired) electrons. The summed E-state index contributed by atoms with van der Waals surface area (Å²) in [6.45, 7) is 8.83. The molecule has 0 aliphatic carbocycles. The van der Waals surface area contributed by atoms with Crippen LogP contribution in [0.2, 0.25) is 0 Å². The van der Waals surface area contributed by atoms with E-state index in [2.05, 4.69) is 18.7 Å². The molecule has 186 valence electrons. The van der Waals surface area contributed by atoms with Gasteiger partial charge in [0.25, 0.3) is 10.0 Å². The molecule has 4 rings (SSSR count). The second-order valence-electron chi connectivity index (χ2n) is 9.00. The zero-order valence-corrected chi connectivity index (χ0v) is 21.5. The summed E-state index contributed by atoms with van der Waals surface area (Å²) in [6.07, 6.45) is 1.53. The molecule has 0 N–H and O–H groups in total. The molecule has 0 bridgehead atoms. The van der Waals surface area contributed by atoms with Gasteiger partial charge in [0.2, 0.25) is 0 Å². The monoisotopic (exact) mass is 511 g/mol. The first kappa shape index (κ1) is 25.7. The van der Waals surface area contributed by atoms with E-state index in [9.17, 15) is 23.7 Å². The van der Waals surface area contributed by atoms with Crippen LogP contribution in [0.5, 0.6) is 5.75 Å². The van der Waals surface area contributed by atoms with Crippen LogP contribution >= 0.6 is 0 Å². The lowest BCUT2D eigenvalue weighted by Crippen LogP contribution is -2.50. The minimum Gasteiger partial charge on any atom is -0.427 e. The number of benzene rings is 3. The number of hydrogen-bond acceptors (Lipinski definition) is 6. The highest BCUT2D eigenvalue weighted by Crippen LogP contribution is 2.58. The maximum Gasteiger partial charge on any atom is 0.308 e. The minimum absolute atomic E-state index is 0.0377. The molecule has 0 spiro atoms. The summed E-state index contributed by atoms with van der Waals surface area (Å²) in [6, 6.07) is 21.0. The third-order valence-electron chi connectivity index (χ3n) is 6.62. The van der Waals surface area contributed by atoms with Crippen molar-refractivity contribution in [2.24, 2.45) is 5.41 Å². The highest BCUT2D eigenvalue weighted by molar-refractivity contribution is 7.92. The van der Waals surface area contributed by atoms with E-state index in [0.717, 1.165) is 5.56 Å². The van der Waals surface area contributed by atoms with Crippen LogP contribution in [0.1, 0.15) is 41.1 Å². The summed E-state index contributed by atoms with van der Waals surface area (Å²) < 4.78 is 35.0. The van der Waals surface area contributed by atoms with Gasteiger partial charge in [-0.3, -0.25) is 9.10 Å². The third kappa shape index (κ3) is 4.16. The first-order chi connectivity index (χ1) is 17.6. The van der Waals surface area contributed by atoms with Crippen LogP contribution in [0.15, 0.2) is 84.3 Å². The average molecular weight is 512 g/mol. The van der Waals surface area contributed by atoms with E-state index in [0.29, 0.717) is 22.4 Å². The Morgan fingerprint density at radius 1 is 1.03 bits per heavy atom. The fourth-order valence-electron chi connectivity index (χ4n) is 4.93. The van der Waals surface area contributed by atoms with Gasteiger partial charge in [0, 0.05) is 12.8 Å². The Morgan fingerprint density at radius 2 is 1.65 bits per heavy atom. The first-order valence-electron chi connectivity index (χ1n) is 11.5. The molecular weight excluding hydrogens is 486 g/mol. The van der Waals surface area contributed by atoms with E-state index in [1.807, 2.05) is 6.92 Å². The number of sulfonamides is 1. The Kier molecular flexibility index (Phi) is 6.64. The molecule has 3 aromatic rings. The molecular formula is C29H25N3O4S. The number of rotatable bonds is 5. The van der Waals surface area contributed by atoms with Crippen molar-refractivity contribution in [1.29, 1.82) is 10.5 Å². The van der Waals surface area contributed by atoms with Crippen LogP contribution in [-0.2, 0) is 14.8 Å². The minimum atomic E-state index is -4.25. The number of carbonyl (C=O) groups excluding carboxylic acids is 1. The maximum absolute atomic E-state index is 14.3. The SMILES string of the molecule is C=C[C@@H]1c2cccc(C)c2N(S(=O)(=O)c2ccc(C)cc2)[C@H](c2ccc(OC(C)=O)cc2)C1(C#N)C#N. The largest absolute Gasteiger partial charge is 0.427 e. The van der Waals surface area contributed by atoms with Crippen molar-refractivity contribution in [3.8, 4) is 17.9 Å². The smallest absolute Gasteiger partial charge is 0.308 e. The van der Waals surface area contributed by atoms with Gasteiger partial charge in [-0.15, -0.1) is 6.58 Å². The molecule has 3 aromatic carbocycles. The average Bonchev–Trinajstić information content (AvgIpc) is 2.87. The standard InChI is InChI=1S/C29H25N3O4S/c1-5-26-25-8-6-7-20(3)27(25)32(37(34,35)24-15-9-19(2)10-16-24)28(29(26,17-30)18-31)22-11-13-23(14-12-22)36-21(4)33/h5-16,26,28H,1H2,2-4H3/t26-,28-/m1/s1. The Hall–Kier alpha value is -4.40. The molecule has 0 unspecified atom stereocenters. The lowest BCUT2D eigenvalue weighted by molar-refractivity contribution is -0.131. The number of aryl methyl sites for hydroxylation is 2. The fraction of sp³-hybridized carbons (Fsp3) is 0.207. The number of anilines is 1. The Morgan fingerprint density at radius 3 is 2.19 bits per heavy atom. The van der Waals surface area contributed by atoms with Crippen molar-refractivity contribution in [1.82, 2.24) is 0 Å². The lowest BCUT2D eigenvalue weighted by atomic mass is 9.64. The second kappa shape index (κ2) is 9.57. The van der Waals surface area contributed by atoms with Crippen LogP contribution in [0, 0.1) is 41.9 Å². The van der Waals surface area contributed by atoms with Gasteiger partial charge in [0.05, 0.1) is 22.7 Å². The molecule has 7 nitrogen and oxygen atoms in total. The number of ether oxygens (including phenoxy) is 1. The normalized spacial score (nSPS) is 18.1. The molecule has 37 heavy (non-hydrogen) atoms. The summed E-state index contributed by atoms with van der Waals surface area (Å²) in [7, 11) is -4.25. The van der Waals surface area contributed by atoms with Crippen molar-refractivity contribution >= 4 is 21.7 Å². The molecule has 0 aromatic heterocycles. The van der Waals surface area contributed by atoms with Gasteiger partial charge in [-0.1, -0.05) is 54.1 Å². The molecule has 0 saturated carbocycles. The number of esters is 1. The van der Waals surface area contributed by atoms with Crippen LogP contribution < -0.4 is 9.04 Å². The van der Waals surface area contributed by atoms with E-state index in [4.69, 9.17) is 4.74 Å². The highest BCUT2D eigenvalue weighted by atomic mass is 32.2. The molecule has 0 amide bonds. The number of nitriles is 2. The molecule has 1 heterocycles. The van der Waals surface area contributed by atoms with Gasteiger partial charge >= 0.3 is 5.97 Å². The van der Waals surface area contributed by atoms with Crippen LogP contribution in [0.4, 0.5) is 5.69 Å². The molecule has 0 fully saturated rings. The quantitative estimate of drug-likeness (QED) is 0.255. The van der Waals surface area contributed by atoms with E-state index in [-0.39, 0.29) is 10.6 Å². The summed E-state index contributed by atoms with van der Waals surface area (Å²) >= 11 is 0. The van der Waals surface area contributed by atoms with Gasteiger partial charge < -0.3 is 4.74 Å². The molecule has 1 aliphatic heterocycles. The van der Waals surface area contributed by atoms with E-state index in [1.165, 1.54) is 41.6 Å². The number of allylic oxidation sites excluding steroid dienone is 1. The van der Waals surface area contributed by atoms with E-state index < -0.39 is 33.4 Å². The van der Waals surface area contributed by atoms with Gasteiger partial charge in [-0.25, -0.2) is 8.42 Å². The van der Waals surface area contributed by atoms with E-state index >= 15 is 0 Å². The topological polar surface area (TPSA) is 111 Å². The number of fused-ring (bicyclic) bond motifs is 1. The van der Waals surface area contributed by atoms with Gasteiger partial charge in [0.1, 0.15) is 11.8 Å². The third-order valence-corrected chi connectivity index (χ3v) is 8.40. The maximum atomic E-state index is 14.3. The van der Waals surface area contributed by atoms with Crippen molar-refractivity contribution < 1.29 is 17.9 Å². The van der Waals surface area contributed by atoms with Crippen LogP contribution in [0.25, 0.3) is 0 Å². The summed E-state index contributed by atoms with van der Waals surface area (Å²) in [5.41, 5.74) is 1.05. The van der Waals surface area contributed by atoms with Gasteiger partial charge in [-0.2, -0.15) is 10.5 Å². The number of hydrogen-bond donors (Lipinski definition) is 0. The number of nitrogens with zero attached hydrogens (tertiary/aromatic N) is 3. The fourth-order valence-corrected chi connectivity index (χ4v) is 6.69. The molecule has 2 atom stereocenters. The van der Waals surface area contributed by atoms with Crippen molar-refractivity contribution in [2.75, 3.05) is 4.31 Å². The first-order valence-corrected chi connectivity index (χ1v) is 13.0. The number of para-hydroxylation sites is 1. The lowest BCUT2D eigenvalue weighted by Gasteiger charge is -2.48. The Labute approximate surface area is 216 Å². The molecule has 1 aliphatic rings. The predicted molar refractivity (Wildman–Crippen MR) is 139 cm³/mol. The summed E-state index contributed by atoms with van der Waals surface area (Å²) in [4.78, 5) is 11.4. The predicted octanol–water partition coefficient (Wildman–Crippen LogP) is 5.48. The molecule has 0 saturated heterocycles. The zero-order valence-electron chi connectivity index (χ0n) is 20.7. The van der Waals surface area contributed by atoms with E-state index in [1.54, 1.807) is 49.4 Å². The second-order valence-corrected chi connectivity index (χ2v) is 10.8. The van der Waals surface area contributed by atoms with Crippen molar-refractivity contribution in [3.05, 3.63) is 102 Å².